The van der Waals surface area contributed by atoms with E-state index in [4.69, 9.17) is 0 Å². The quantitative estimate of drug-likeness (QED) is 0.878. The lowest BCUT2D eigenvalue weighted by Gasteiger charge is -2.21. The molecule has 3 rings (SSSR count). The van der Waals surface area contributed by atoms with Gasteiger partial charge in [0, 0.05) is 0 Å². The van der Waals surface area contributed by atoms with Crippen LogP contribution in [0.2, 0.25) is 0 Å². The zero-order chi connectivity index (χ0) is 13.6. The number of allylic oxidation sites excluding steroid dienone is 1. The minimum atomic E-state index is 0.687. The zero-order valence-electron chi connectivity index (χ0n) is 11.8. The number of hydrogen-bond donors (Lipinski definition) is 1. The molecule has 1 fully saturated rings. The van der Waals surface area contributed by atoms with Crippen molar-refractivity contribution in [1.82, 2.24) is 5.32 Å². The lowest BCUT2D eigenvalue weighted by molar-refractivity contribution is 0.437. The third-order valence-corrected chi connectivity index (χ3v) is 3.96. The molecule has 1 heterocycles. The second-order valence-corrected chi connectivity index (χ2v) is 5.40. The van der Waals surface area contributed by atoms with E-state index in [1.807, 2.05) is 0 Å². The molecule has 0 amide bonds. The minimum absolute atomic E-state index is 0.687. The van der Waals surface area contributed by atoms with Gasteiger partial charge < -0.3 is 5.32 Å². The maximum Gasteiger partial charge on any atom is -0.00433 e. The van der Waals surface area contributed by atoms with Gasteiger partial charge in [0.05, 0.1) is 0 Å². The monoisotopic (exact) mass is 263 g/mol. The van der Waals surface area contributed by atoms with E-state index in [2.05, 4.69) is 72.1 Å². The van der Waals surface area contributed by atoms with Crippen LogP contribution in [0.4, 0.5) is 0 Å². The Labute approximate surface area is 121 Å². The second kappa shape index (κ2) is 6.53. The van der Waals surface area contributed by atoms with Crippen molar-refractivity contribution in [2.75, 3.05) is 13.1 Å². The molecule has 0 aliphatic carbocycles. The first-order valence-corrected chi connectivity index (χ1v) is 7.47. The molecule has 0 atom stereocenters. The van der Waals surface area contributed by atoms with E-state index in [9.17, 15) is 0 Å². The first-order chi connectivity index (χ1) is 9.93. The third-order valence-electron chi connectivity index (χ3n) is 3.96. The SMILES string of the molecule is C(=C(c1ccccc1)c1ccccc1)C1CCNCC1. The molecule has 2 aromatic rings. The molecule has 0 saturated carbocycles. The average molecular weight is 263 g/mol. The van der Waals surface area contributed by atoms with Crippen LogP contribution in [0.1, 0.15) is 24.0 Å². The van der Waals surface area contributed by atoms with Gasteiger partial charge in [-0.25, -0.2) is 0 Å². The van der Waals surface area contributed by atoms with Gasteiger partial charge in [0.2, 0.25) is 0 Å². The van der Waals surface area contributed by atoms with Gasteiger partial charge in [-0.05, 0) is 48.5 Å². The van der Waals surface area contributed by atoms with E-state index in [-0.39, 0.29) is 0 Å². The summed E-state index contributed by atoms with van der Waals surface area (Å²) in [5.74, 6) is 0.687. The molecule has 1 saturated heterocycles. The van der Waals surface area contributed by atoms with Gasteiger partial charge in [-0.1, -0.05) is 66.7 Å². The van der Waals surface area contributed by atoms with Crippen molar-refractivity contribution in [1.29, 1.82) is 0 Å². The minimum Gasteiger partial charge on any atom is -0.317 e. The van der Waals surface area contributed by atoms with Crippen LogP contribution in [0.15, 0.2) is 66.7 Å². The van der Waals surface area contributed by atoms with Crippen LogP contribution >= 0.6 is 0 Å². The summed E-state index contributed by atoms with van der Waals surface area (Å²) in [5.41, 5.74) is 4.01. The predicted molar refractivity (Wildman–Crippen MR) is 85.6 cm³/mol. The van der Waals surface area contributed by atoms with Gasteiger partial charge in [-0.15, -0.1) is 0 Å². The Kier molecular flexibility index (Phi) is 4.29. The highest BCUT2D eigenvalue weighted by Crippen LogP contribution is 2.27. The van der Waals surface area contributed by atoms with Crippen molar-refractivity contribution in [2.24, 2.45) is 5.92 Å². The van der Waals surface area contributed by atoms with Crippen molar-refractivity contribution >= 4 is 5.57 Å². The van der Waals surface area contributed by atoms with Crippen LogP contribution in [-0.4, -0.2) is 13.1 Å². The molecule has 0 unspecified atom stereocenters. The van der Waals surface area contributed by atoms with Gasteiger partial charge in [0.25, 0.3) is 0 Å². The molecule has 1 heteroatoms. The Morgan fingerprint density at radius 1 is 0.800 bits per heavy atom. The number of piperidine rings is 1. The van der Waals surface area contributed by atoms with Crippen LogP contribution < -0.4 is 5.32 Å². The van der Waals surface area contributed by atoms with Crippen LogP contribution in [0.5, 0.6) is 0 Å². The maximum absolute atomic E-state index is 3.44. The molecule has 102 valence electrons. The largest absolute Gasteiger partial charge is 0.317 e. The van der Waals surface area contributed by atoms with Crippen molar-refractivity contribution in [3.05, 3.63) is 77.9 Å². The van der Waals surface area contributed by atoms with Crippen LogP contribution in [-0.2, 0) is 0 Å². The summed E-state index contributed by atoms with van der Waals surface area (Å²) in [6, 6.07) is 21.5. The van der Waals surface area contributed by atoms with E-state index in [0.29, 0.717) is 5.92 Å². The van der Waals surface area contributed by atoms with Gasteiger partial charge in [-0.3, -0.25) is 0 Å². The molecular formula is C19H21N. The van der Waals surface area contributed by atoms with E-state index in [1.165, 1.54) is 29.5 Å². The third kappa shape index (κ3) is 3.17. The Morgan fingerprint density at radius 2 is 1.30 bits per heavy atom. The van der Waals surface area contributed by atoms with Crippen molar-refractivity contribution in [3.8, 4) is 0 Å². The number of hydrogen-bond acceptors (Lipinski definition) is 1. The summed E-state index contributed by atoms with van der Waals surface area (Å²) in [7, 11) is 0. The molecular weight excluding hydrogens is 242 g/mol. The van der Waals surface area contributed by atoms with Gasteiger partial charge in [0.15, 0.2) is 0 Å². The van der Waals surface area contributed by atoms with Crippen molar-refractivity contribution in [2.45, 2.75) is 12.8 Å². The summed E-state index contributed by atoms with van der Waals surface area (Å²) < 4.78 is 0. The Hall–Kier alpha value is -1.86. The molecule has 0 radical (unpaired) electrons. The van der Waals surface area contributed by atoms with Gasteiger partial charge >= 0.3 is 0 Å². The topological polar surface area (TPSA) is 12.0 Å². The number of nitrogens with one attached hydrogen (secondary N) is 1. The highest BCUT2D eigenvalue weighted by molar-refractivity contribution is 5.79. The smallest absolute Gasteiger partial charge is 0.00433 e. The summed E-state index contributed by atoms with van der Waals surface area (Å²) in [4.78, 5) is 0. The van der Waals surface area contributed by atoms with E-state index >= 15 is 0 Å². The standard InChI is InChI=1S/C19H21N/c1-3-7-17(8-4-1)19(18-9-5-2-6-10-18)15-16-11-13-20-14-12-16/h1-10,15-16,20H,11-14H2. The lowest BCUT2D eigenvalue weighted by Crippen LogP contribution is -2.26. The summed E-state index contributed by atoms with van der Waals surface area (Å²) >= 11 is 0. The first-order valence-electron chi connectivity index (χ1n) is 7.47. The molecule has 1 N–H and O–H groups in total. The Bertz CT molecular complexity index is 509. The van der Waals surface area contributed by atoms with E-state index < -0.39 is 0 Å². The Morgan fingerprint density at radius 3 is 1.80 bits per heavy atom. The van der Waals surface area contributed by atoms with Crippen LogP contribution in [0, 0.1) is 5.92 Å². The highest BCUT2D eigenvalue weighted by Gasteiger charge is 2.13. The van der Waals surface area contributed by atoms with Crippen LogP contribution in [0.25, 0.3) is 5.57 Å². The molecule has 2 aromatic carbocycles. The van der Waals surface area contributed by atoms with Crippen molar-refractivity contribution in [3.63, 3.8) is 0 Å². The molecule has 0 bridgehead atoms. The molecule has 1 aliphatic heterocycles. The molecule has 1 aliphatic rings. The summed E-state index contributed by atoms with van der Waals surface area (Å²) in [5, 5.41) is 3.44. The average Bonchev–Trinajstić information content (AvgIpc) is 2.55. The maximum atomic E-state index is 3.44. The zero-order valence-corrected chi connectivity index (χ0v) is 11.8. The predicted octanol–water partition coefficient (Wildman–Crippen LogP) is 4.12. The Balaban J connectivity index is 1.97. The van der Waals surface area contributed by atoms with E-state index in [0.717, 1.165) is 13.1 Å². The van der Waals surface area contributed by atoms with Crippen LogP contribution in [0.3, 0.4) is 0 Å². The van der Waals surface area contributed by atoms with E-state index in [1.54, 1.807) is 0 Å². The number of rotatable bonds is 3. The summed E-state index contributed by atoms with van der Waals surface area (Å²) in [6.45, 7) is 2.27. The molecule has 20 heavy (non-hydrogen) atoms. The number of benzene rings is 2. The molecule has 0 spiro atoms. The second-order valence-electron chi connectivity index (χ2n) is 5.40. The summed E-state index contributed by atoms with van der Waals surface area (Å²) in [6.07, 6.45) is 4.96. The van der Waals surface area contributed by atoms with Gasteiger partial charge in [0.1, 0.15) is 0 Å². The van der Waals surface area contributed by atoms with Gasteiger partial charge in [-0.2, -0.15) is 0 Å². The first kappa shape index (κ1) is 13.1. The molecule has 0 aromatic heterocycles. The fourth-order valence-electron chi connectivity index (χ4n) is 2.84. The van der Waals surface area contributed by atoms with Crippen molar-refractivity contribution < 1.29 is 0 Å². The fourth-order valence-corrected chi connectivity index (χ4v) is 2.84. The lowest BCUT2D eigenvalue weighted by atomic mass is 9.90. The highest BCUT2D eigenvalue weighted by atomic mass is 14.9. The molecule has 1 nitrogen and oxygen atoms in total. The normalized spacial score (nSPS) is 15.8. The fraction of sp³-hybridized carbons (Fsp3) is 0.263.